The molecule has 2 rings (SSSR count). The Bertz CT molecular complexity index is 618. The van der Waals surface area contributed by atoms with Crippen LogP contribution >= 0.6 is 0 Å². The van der Waals surface area contributed by atoms with Gasteiger partial charge in [-0.05, 0) is 39.2 Å². The fraction of sp³-hybridized carbons (Fsp3) is 0.625. The lowest BCUT2D eigenvalue weighted by atomic mass is 10.2. The number of aryl methyl sites for hydroxylation is 3. The fourth-order valence-electron chi connectivity index (χ4n) is 2.62. The summed E-state index contributed by atoms with van der Waals surface area (Å²) in [6, 6.07) is 0. The van der Waals surface area contributed by atoms with Crippen LogP contribution in [0.15, 0.2) is 0 Å². The second-order valence-corrected chi connectivity index (χ2v) is 5.54. The molecule has 0 aliphatic carbocycles. The molecule has 0 saturated heterocycles. The van der Waals surface area contributed by atoms with E-state index < -0.39 is 0 Å². The summed E-state index contributed by atoms with van der Waals surface area (Å²) in [6.45, 7) is 10.8. The maximum Gasteiger partial charge on any atom is 0.146 e. The van der Waals surface area contributed by atoms with Crippen LogP contribution in [-0.2, 0) is 11.3 Å². The van der Waals surface area contributed by atoms with Gasteiger partial charge in [0.2, 0.25) is 0 Å². The molecule has 2 aromatic rings. The van der Waals surface area contributed by atoms with Gasteiger partial charge in [-0.15, -0.1) is 0 Å². The molecule has 0 aliphatic rings. The predicted octanol–water partition coefficient (Wildman–Crippen LogP) is 3.15. The Morgan fingerprint density at radius 1 is 1.10 bits per heavy atom. The minimum Gasteiger partial charge on any atom is -0.383 e. The van der Waals surface area contributed by atoms with E-state index in [2.05, 4.69) is 35.3 Å². The number of hydrogen-bond acceptors (Lipinski definition) is 4. The topological polar surface area (TPSA) is 66.0 Å². The summed E-state index contributed by atoms with van der Waals surface area (Å²) >= 11 is 0. The molecule has 2 N–H and O–H groups in total. The SMILES string of the molecule is CCCCOCCCn1c(C)c(C)c2c(N)nc(C)nc21. The van der Waals surface area contributed by atoms with Gasteiger partial charge in [-0.3, -0.25) is 0 Å². The minimum absolute atomic E-state index is 0.580. The second-order valence-electron chi connectivity index (χ2n) is 5.54. The van der Waals surface area contributed by atoms with Crippen molar-refractivity contribution in [3.8, 4) is 0 Å². The number of fused-ring (bicyclic) bond motifs is 1. The number of ether oxygens (including phenoxy) is 1. The molecule has 0 aliphatic heterocycles. The van der Waals surface area contributed by atoms with E-state index in [1.165, 1.54) is 17.7 Å². The predicted molar refractivity (Wildman–Crippen MR) is 86.5 cm³/mol. The first-order chi connectivity index (χ1) is 10.1. The molecular weight excluding hydrogens is 264 g/mol. The van der Waals surface area contributed by atoms with Gasteiger partial charge in [0.25, 0.3) is 0 Å². The first-order valence-electron chi connectivity index (χ1n) is 7.73. The first kappa shape index (κ1) is 15.8. The number of hydrogen-bond donors (Lipinski definition) is 1. The Morgan fingerprint density at radius 2 is 1.81 bits per heavy atom. The van der Waals surface area contributed by atoms with E-state index in [0.717, 1.165) is 49.5 Å². The Balaban J connectivity index is 2.14. The number of nitrogen functional groups attached to an aromatic ring is 1. The molecule has 2 heterocycles. The first-order valence-corrected chi connectivity index (χ1v) is 7.73. The van der Waals surface area contributed by atoms with Crippen LogP contribution in [0.25, 0.3) is 11.0 Å². The number of aromatic nitrogens is 3. The molecule has 0 unspecified atom stereocenters. The average Bonchev–Trinajstić information content (AvgIpc) is 2.67. The molecule has 0 aromatic carbocycles. The molecule has 21 heavy (non-hydrogen) atoms. The Morgan fingerprint density at radius 3 is 2.52 bits per heavy atom. The summed E-state index contributed by atoms with van der Waals surface area (Å²) in [5.41, 5.74) is 9.40. The molecule has 0 atom stereocenters. The van der Waals surface area contributed by atoms with Gasteiger partial charge in [-0.25, -0.2) is 9.97 Å². The molecule has 0 fully saturated rings. The van der Waals surface area contributed by atoms with Crippen LogP contribution in [0.3, 0.4) is 0 Å². The van der Waals surface area contributed by atoms with Crippen LogP contribution in [0.2, 0.25) is 0 Å². The summed E-state index contributed by atoms with van der Waals surface area (Å²) in [6.07, 6.45) is 3.29. The van der Waals surface area contributed by atoms with Gasteiger partial charge in [-0.2, -0.15) is 0 Å². The molecule has 116 valence electrons. The third-order valence-electron chi connectivity index (χ3n) is 3.92. The van der Waals surface area contributed by atoms with Crippen molar-refractivity contribution in [2.45, 2.75) is 53.5 Å². The highest BCUT2D eigenvalue weighted by molar-refractivity contribution is 5.91. The average molecular weight is 290 g/mol. The number of nitrogens with zero attached hydrogens (tertiary/aromatic N) is 3. The van der Waals surface area contributed by atoms with E-state index >= 15 is 0 Å². The summed E-state index contributed by atoms with van der Waals surface area (Å²) < 4.78 is 7.87. The molecule has 0 bridgehead atoms. The van der Waals surface area contributed by atoms with Crippen LogP contribution in [0.4, 0.5) is 5.82 Å². The van der Waals surface area contributed by atoms with E-state index in [-0.39, 0.29) is 0 Å². The zero-order chi connectivity index (χ0) is 15.4. The lowest BCUT2D eigenvalue weighted by molar-refractivity contribution is 0.126. The number of rotatable bonds is 7. The lowest BCUT2D eigenvalue weighted by Gasteiger charge is -2.09. The van der Waals surface area contributed by atoms with Crippen molar-refractivity contribution in [1.29, 1.82) is 0 Å². The van der Waals surface area contributed by atoms with Crippen LogP contribution < -0.4 is 5.73 Å². The molecule has 5 heteroatoms. The van der Waals surface area contributed by atoms with Gasteiger partial charge in [0.1, 0.15) is 17.3 Å². The standard InChI is InChI=1S/C16H26N4O/c1-5-6-9-21-10-7-8-20-12(3)11(2)14-15(17)18-13(4)19-16(14)20/h5-10H2,1-4H3,(H2,17,18,19). The highest BCUT2D eigenvalue weighted by Gasteiger charge is 2.15. The number of nitrogens with two attached hydrogens (primary N) is 1. The summed E-state index contributed by atoms with van der Waals surface area (Å²) in [5, 5.41) is 0.991. The van der Waals surface area contributed by atoms with Crippen molar-refractivity contribution >= 4 is 16.9 Å². The minimum atomic E-state index is 0.580. The fourth-order valence-corrected chi connectivity index (χ4v) is 2.62. The van der Waals surface area contributed by atoms with Gasteiger partial charge in [0.15, 0.2) is 0 Å². The quantitative estimate of drug-likeness (QED) is 0.796. The van der Waals surface area contributed by atoms with Gasteiger partial charge < -0.3 is 15.0 Å². The van der Waals surface area contributed by atoms with Crippen LogP contribution in [0, 0.1) is 20.8 Å². The van der Waals surface area contributed by atoms with E-state index in [0.29, 0.717) is 5.82 Å². The molecule has 5 nitrogen and oxygen atoms in total. The largest absolute Gasteiger partial charge is 0.383 e. The Labute approximate surface area is 126 Å². The zero-order valence-electron chi connectivity index (χ0n) is 13.6. The van der Waals surface area contributed by atoms with Crippen LogP contribution in [0.5, 0.6) is 0 Å². The smallest absolute Gasteiger partial charge is 0.146 e. The molecule has 0 amide bonds. The molecule has 0 spiro atoms. The molecule has 2 aromatic heterocycles. The lowest BCUT2D eigenvalue weighted by Crippen LogP contribution is -2.06. The maximum atomic E-state index is 6.06. The van der Waals surface area contributed by atoms with Gasteiger partial charge in [0.05, 0.1) is 5.39 Å². The van der Waals surface area contributed by atoms with Gasteiger partial charge in [-0.1, -0.05) is 13.3 Å². The molecule has 0 saturated carbocycles. The highest BCUT2D eigenvalue weighted by Crippen LogP contribution is 2.27. The van der Waals surface area contributed by atoms with Crippen LogP contribution in [-0.4, -0.2) is 27.7 Å². The van der Waals surface area contributed by atoms with Crippen LogP contribution in [0.1, 0.15) is 43.3 Å². The van der Waals surface area contributed by atoms with Crippen molar-refractivity contribution in [2.75, 3.05) is 18.9 Å². The summed E-state index contributed by atoms with van der Waals surface area (Å²) in [5.74, 6) is 1.30. The third-order valence-corrected chi connectivity index (χ3v) is 3.92. The molecule has 0 radical (unpaired) electrons. The number of unbranched alkanes of at least 4 members (excludes halogenated alkanes) is 1. The van der Waals surface area contributed by atoms with Crippen molar-refractivity contribution < 1.29 is 4.74 Å². The van der Waals surface area contributed by atoms with Gasteiger partial charge in [0, 0.05) is 25.5 Å². The van der Waals surface area contributed by atoms with E-state index in [9.17, 15) is 0 Å². The monoisotopic (exact) mass is 290 g/mol. The Kier molecular flexibility index (Phi) is 5.17. The van der Waals surface area contributed by atoms with E-state index in [4.69, 9.17) is 10.5 Å². The summed E-state index contributed by atoms with van der Waals surface area (Å²) in [7, 11) is 0. The van der Waals surface area contributed by atoms with E-state index in [1.54, 1.807) is 0 Å². The maximum absolute atomic E-state index is 6.06. The third kappa shape index (κ3) is 3.35. The van der Waals surface area contributed by atoms with Crippen molar-refractivity contribution in [1.82, 2.24) is 14.5 Å². The Hall–Kier alpha value is -1.62. The number of anilines is 1. The highest BCUT2D eigenvalue weighted by atomic mass is 16.5. The molecular formula is C16H26N4O. The normalized spacial score (nSPS) is 11.4. The van der Waals surface area contributed by atoms with Gasteiger partial charge >= 0.3 is 0 Å². The second kappa shape index (κ2) is 6.89. The zero-order valence-corrected chi connectivity index (χ0v) is 13.6. The van der Waals surface area contributed by atoms with Crippen molar-refractivity contribution in [3.05, 3.63) is 17.1 Å². The van der Waals surface area contributed by atoms with E-state index in [1.807, 2.05) is 6.92 Å². The van der Waals surface area contributed by atoms with Crippen molar-refractivity contribution in [2.24, 2.45) is 0 Å². The van der Waals surface area contributed by atoms with Crippen molar-refractivity contribution in [3.63, 3.8) is 0 Å². The summed E-state index contributed by atoms with van der Waals surface area (Å²) in [4.78, 5) is 8.85.